The SMILES string of the molecule is OB(O)c1cccc2c1oc1ccc(-c3ccc(-c4ccccc4)cc3)cc12. The van der Waals surface area contributed by atoms with Gasteiger partial charge in [-0.15, -0.1) is 0 Å². The Kier molecular flexibility index (Phi) is 4.01. The highest BCUT2D eigenvalue weighted by Gasteiger charge is 2.19. The lowest BCUT2D eigenvalue weighted by atomic mass is 9.79. The van der Waals surface area contributed by atoms with Gasteiger partial charge in [-0.3, -0.25) is 0 Å². The molecule has 1 aromatic heterocycles. The molecule has 5 rings (SSSR count). The van der Waals surface area contributed by atoms with E-state index in [1.165, 1.54) is 11.1 Å². The summed E-state index contributed by atoms with van der Waals surface area (Å²) in [6, 6.07) is 30.3. The van der Waals surface area contributed by atoms with Gasteiger partial charge in [-0.05, 0) is 34.4 Å². The summed E-state index contributed by atoms with van der Waals surface area (Å²) < 4.78 is 5.89. The maximum atomic E-state index is 9.59. The lowest BCUT2D eigenvalue weighted by molar-refractivity contribution is 0.425. The van der Waals surface area contributed by atoms with Crippen LogP contribution in [0.5, 0.6) is 0 Å². The van der Waals surface area contributed by atoms with Gasteiger partial charge < -0.3 is 14.5 Å². The van der Waals surface area contributed by atoms with Crippen molar-refractivity contribution >= 4 is 34.5 Å². The average Bonchev–Trinajstić information content (AvgIpc) is 3.12. The number of furan rings is 1. The fraction of sp³-hybridized carbons (Fsp3) is 0. The summed E-state index contributed by atoms with van der Waals surface area (Å²) in [7, 11) is -1.56. The number of benzene rings is 4. The molecule has 0 amide bonds. The predicted molar refractivity (Wildman–Crippen MR) is 114 cm³/mol. The van der Waals surface area contributed by atoms with Gasteiger partial charge in [0.25, 0.3) is 0 Å². The van der Waals surface area contributed by atoms with E-state index in [-0.39, 0.29) is 0 Å². The zero-order valence-electron chi connectivity index (χ0n) is 15.0. The van der Waals surface area contributed by atoms with E-state index < -0.39 is 7.12 Å². The molecule has 2 N–H and O–H groups in total. The lowest BCUT2D eigenvalue weighted by Gasteiger charge is -2.05. The molecule has 0 aliphatic rings. The Morgan fingerprint density at radius 1 is 0.571 bits per heavy atom. The van der Waals surface area contributed by atoms with Crippen molar-refractivity contribution < 1.29 is 14.5 Å². The van der Waals surface area contributed by atoms with Crippen molar-refractivity contribution in [3.05, 3.63) is 91.0 Å². The summed E-state index contributed by atoms with van der Waals surface area (Å²) in [5.74, 6) is 0. The topological polar surface area (TPSA) is 53.6 Å². The van der Waals surface area contributed by atoms with Gasteiger partial charge in [-0.25, -0.2) is 0 Å². The van der Waals surface area contributed by atoms with Gasteiger partial charge >= 0.3 is 7.12 Å². The molecule has 28 heavy (non-hydrogen) atoms. The van der Waals surface area contributed by atoms with E-state index in [0.29, 0.717) is 11.0 Å². The van der Waals surface area contributed by atoms with Crippen molar-refractivity contribution in [1.29, 1.82) is 0 Å². The second kappa shape index (κ2) is 6.68. The molecule has 0 fully saturated rings. The van der Waals surface area contributed by atoms with Crippen LogP contribution in [0.15, 0.2) is 95.4 Å². The Labute approximate surface area is 162 Å². The minimum atomic E-state index is -1.56. The van der Waals surface area contributed by atoms with Crippen molar-refractivity contribution in [3.63, 3.8) is 0 Å². The zero-order chi connectivity index (χ0) is 19.1. The lowest BCUT2D eigenvalue weighted by Crippen LogP contribution is -2.29. The third-order valence-electron chi connectivity index (χ3n) is 5.13. The summed E-state index contributed by atoms with van der Waals surface area (Å²) in [4.78, 5) is 0. The van der Waals surface area contributed by atoms with E-state index in [9.17, 15) is 10.0 Å². The summed E-state index contributed by atoms with van der Waals surface area (Å²) in [5.41, 5.74) is 6.21. The Hall–Kier alpha value is -3.34. The van der Waals surface area contributed by atoms with Gasteiger partial charge in [0.05, 0.1) is 0 Å². The monoisotopic (exact) mass is 364 g/mol. The fourth-order valence-corrected chi connectivity index (χ4v) is 3.69. The first-order chi connectivity index (χ1) is 13.7. The molecule has 0 unspecified atom stereocenters. The molecule has 4 heteroatoms. The van der Waals surface area contributed by atoms with Crippen molar-refractivity contribution in [1.82, 2.24) is 0 Å². The molecule has 0 atom stereocenters. The first kappa shape index (κ1) is 16.8. The Bertz CT molecular complexity index is 1270. The van der Waals surface area contributed by atoms with Crippen LogP contribution in [0.1, 0.15) is 0 Å². The third kappa shape index (κ3) is 2.80. The van der Waals surface area contributed by atoms with Crippen LogP contribution in [-0.2, 0) is 0 Å². The molecule has 3 nitrogen and oxygen atoms in total. The summed E-state index contributed by atoms with van der Waals surface area (Å²) in [6.45, 7) is 0. The molecule has 0 saturated heterocycles. The summed E-state index contributed by atoms with van der Waals surface area (Å²) >= 11 is 0. The van der Waals surface area contributed by atoms with E-state index in [0.717, 1.165) is 27.5 Å². The molecule has 0 aliphatic heterocycles. The minimum Gasteiger partial charge on any atom is -0.456 e. The highest BCUT2D eigenvalue weighted by molar-refractivity contribution is 6.61. The normalized spacial score (nSPS) is 11.2. The molecule has 0 aliphatic carbocycles. The standard InChI is InChI=1S/C24H17BO3/c26-25(27)22-8-4-7-20-21-15-19(13-14-23(21)28-24(20)22)18-11-9-17(10-12-18)16-5-2-1-3-6-16/h1-15,26-27H. The van der Waals surface area contributed by atoms with E-state index in [1.807, 2.05) is 42.5 Å². The van der Waals surface area contributed by atoms with Crippen LogP contribution in [0.2, 0.25) is 0 Å². The molecule has 1 heterocycles. The number of hydrogen-bond donors (Lipinski definition) is 2. The second-order valence-electron chi connectivity index (χ2n) is 6.85. The smallest absolute Gasteiger partial charge is 0.456 e. The van der Waals surface area contributed by atoms with Crippen LogP contribution in [-0.4, -0.2) is 17.2 Å². The Balaban J connectivity index is 1.60. The van der Waals surface area contributed by atoms with E-state index in [1.54, 1.807) is 6.07 Å². The first-order valence-electron chi connectivity index (χ1n) is 9.18. The number of fused-ring (bicyclic) bond motifs is 3. The van der Waals surface area contributed by atoms with Crippen molar-refractivity contribution in [2.45, 2.75) is 0 Å². The second-order valence-corrected chi connectivity index (χ2v) is 6.85. The minimum absolute atomic E-state index is 0.377. The fourth-order valence-electron chi connectivity index (χ4n) is 3.69. The molecule has 5 aromatic rings. The van der Waals surface area contributed by atoms with Crippen LogP contribution < -0.4 is 5.46 Å². The van der Waals surface area contributed by atoms with Gasteiger partial charge in [0.2, 0.25) is 0 Å². The molecule has 0 saturated carbocycles. The van der Waals surface area contributed by atoms with Crippen LogP contribution in [0.25, 0.3) is 44.2 Å². The van der Waals surface area contributed by atoms with Gasteiger partial charge in [0.1, 0.15) is 11.2 Å². The van der Waals surface area contributed by atoms with E-state index in [4.69, 9.17) is 4.42 Å². The van der Waals surface area contributed by atoms with Crippen molar-refractivity contribution in [2.75, 3.05) is 0 Å². The Morgan fingerprint density at radius 2 is 1.21 bits per heavy atom. The van der Waals surface area contributed by atoms with E-state index in [2.05, 4.69) is 42.5 Å². The van der Waals surface area contributed by atoms with Crippen molar-refractivity contribution in [2.24, 2.45) is 0 Å². The maximum Gasteiger partial charge on any atom is 0.492 e. The Morgan fingerprint density at radius 3 is 1.93 bits per heavy atom. The molecule has 4 aromatic carbocycles. The molecule has 0 spiro atoms. The van der Waals surface area contributed by atoms with Gasteiger partial charge in [0.15, 0.2) is 0 Å². The quantitative estimate of drug-likeness (QED) is 0.460. The zero-order valence-corrected chi connectivity index (χ0v) is 15.0. The van der Waals surface area contributed by atoms with Crippen molar-refractivity contribution in [3.8, 4) is 22.3 Å². The molecular formula is C24H17BO3. The van der Waals surface area contributed by atoms with Gasteiger partial charge in [-0.1, -0.05) is 78.9 Å². The summed E-state index contributed by atoms with van der Waals surface area (Å²) in [5, 5.41) is 21.0. The number of para-hydroxylation sites is 1. The van der Waals surface area contributed by atoms with Crippen LogP contribution in [0, 0.1) is 0 Å². The van der Waals surface area contributed by atoms with E-state index >= 15 is 0 Å². The third-order valence-corrected chi connectivity index (χ3v) is 5.13. The van der Waals surface area contributed by atoms with Gasteiger partial charge in [-0.2, -0.15) is 0 Å². The van der Waals surface area contributed by atoms with Gasteiger partial charge in [0, 0.05) is 16.2 Å². The number of hydrogen-bond acceptors (Lipinski definition) is 3. The summed E-state index contributed by atoms with van der Waals surface area (Å²) in [6.07, 6.45) is 0. The maximum absolute atomic E-state index is 9.59. The molecule has 0 radical (unpaired) electrons. The van der Waals surface area contributed by atoms with Crippen LogP contribution >= 0.6 is 0 Å². The number of rotatable bonds is 3. The van der Waals surface area contributed by atoms with Crippen LogP contribution in [0.3, 0.4) is 0 Å². The highest BCUT2D eigenvalue weighted by Crippen LogP contribution is 2.32. The molecule has 134 valence electrons. The highest BCUT2D eigenvalue weighted by atomic mass is 16.4. The predicted octanol–water partition coefficient (Wildman–Crippen LogP) is 4.60. The largest absolute Gasteiger partial charge is 0.492 e. The molecule has 0 bridgehead atoms. The average molecular weight is 364 g/mol. The molecular weight excluding hydrogens is 347 g/mol. The first-order valence-corrected chi connectivity index (χ1v) is 9.18. The van der Waals surface area contributed by atoms with Crippen LogP contribution in [0.4, 0.5) is 0 Å².